The van der Waals surface area contributed by atoms with Crippen molar-refractivity contribution in [2.45, 2.75) is 4.90 Å². The number of rotatable bonds is 5. The van der Waals surface area contributed by atoms with Gasteiger partial charge in [0.15, 0.2) is 5.82 Å². The molecule has 1 N–H and O–H groups in total. The number of aromatic nitrogens is 2. The molecule has 4 aromatic rings. The van der Waals surface area contributed by atoms with Crippen molar-refractivity contribution in [1.29, 1.82) is 0 Å². The fourth-order valence-corrected chi connectivity index (χ4v) is 6.08. The molecule has 0 radical (unpaired) electrons. The van der Waals surface area contributed by atoms with Crippen LogP contribution >= 0.6 is 11.6 Å². The largest absolute Gasteiger partial charge is 0.359 e. The molecular weight excluding hydrogens is 512 g/mol. The summed E-state index contributed by atoms with van der Waals surface area (Å²) in [6, 6.07) is 17.7. The van der Waals surface area contributed by atoms with Gasteiger partial charge in [-0.05, 0) is 48.5 Å². The Bertz CT molecular complexity index is 1630. The van der Waals surface area contributed by atoms with Gasteiger partial charge in [-0.3, -0.25) is 4.72 Å². The van der Waals surface area contributed by atoms with Crippen LogP contribution in [0, 0.1) is 0 Å². The van der Waals surface area contributed by atoms with E-state index < -0.39 is 20.0 Å². The maximum atomic E-state index is 13.0. The topological polar surface area (TPSA) is 119 Å². The molecule has 1 aliphatic rings. The molecule has 1 saturated heterocycles. The summed E-state index contributed by atoms with van der Waals surface area (Å²) < 4.78 is 59.3. The first-order chi connectivity index (χ1) is 16.7. The average molecular weight is 531 g/mol. The molecule has 1 fully saturated rings. The monoisotopic (exact) mass is 530 g/mol. The second kappa shape index (κ2) is 9.08. The Hall–Kier alpha value is -3.25. The highest BCUT2D eigenvalue weighted by molar-refractivity contribution is 7.93. The van der Waals surface area contributed by atoms with Gasteiger partial charge in [0.1, 0.15) is 6.73 Å². The molecule has 35 heavy (non-hydrogen) atoms. The second-order valence-electron chi connectivity index (χ2n) is 7.75. The third-order valence-electron chi connectivity index (χ3n) is 5.41. The van der Waals surface area contributed by atoms with Crippen LogP contribution in [-0.2, 0) is 24.8 Å². The van der Waals surface area contributed by atoms with Crippen molar-refractivity contribution in [3.05, 3.63) is 77.9 Å². The summed E-state index contributed by atoms with van der Waals surface area (Å²) in [4.78, 5) is 8.86. The quantitative estimate of drug-likeness (QED) is 0.416. The standard InChI is InChI=1S/C23H19ClN4O5S2/c24-21-10-5-17(13-20(21)23-25-14-16-3-1-2-4-22(16)26-23)27-35(31,32)19-8-6-18(7-9-19)28-15-33-11-12-34(28,29)30/h1-10,13-14,27H,11-12,15H2. The van der Waals surface area contributed by atoms with Crippen molar-refractivity contribution in [2.24, 2.45) is 0 Å². The van der Waals surface area contributed by atoms with Crippen molar-refractivity contribution in [3.63, 3.8) is 0 Å². The van der Waals surface area contributed by atoms with E-state index in [1.807, 2.05) is 24.3 Å². The third kappa shape index (κ3) is 4.80. The van der Waals surface area contributed by atoms with Crippen molar-refractivity contribution in [3.8, 4) is 11.4 Å². The summed E-state index contributed by atoms with van der Waals surface area (Å²) in [5, 5.41) is 1.24. The molecule has 12 heteroatoms. The summed E-state index contributed by atoms with van der Waals surface area (Å²) in [6.45, 7) is 0.0135. The molecule has 2 heterocycles. The molecule has 0 aliphatic carbocycles. The average Bonchev–Trinajstić information content (AvgIpc) is 2.84. The van der Waals surface area contributed by atoms with Crippen LogP contribution in [0.2, 0.25) is 5.02 Å². The zero-order valence-corrected chi connectivity index (χ0v) is 20.5. The van der Waals surface area contributed by atoms with Crippen molar-refractivity contribution >= 4 is 53.9 Å². The van der Waals surface area contributed by atoms with Crippen LogP contribution < -0.4 is 9.03 Å². The Kier molecular flexibility index (Phi) is 6.09. The molecule has 3 aromatic carbocycles. The number of halogens is 1. The van der Waals surface area contributed by atoms with E-state index >= 15 is 0 Å². The predicted octanol–water partition coefficient (Wildman–Crippen LogP) is 3.87. The summed E-state index contributed by atoms with van der Waals surface area (Å²) in [5.74, 6) is 0.234. The number of nitrogens with one attached hydrogen (secondary N) is 1. The number of hydrogen-bond donors (Lipinski definition) is 1. The SMILES string of the molecule is O=S(=O)(Nc1ccc(Cl)c(-c2ncc3ccccc3n2)c1)c1ccc(N2COCCS2(=O)=O)cc1. The molecule has 5 rings (SSSR count). The summed E-state index contributed by atoms with van der Waals surface area (Å²) in [5.41, 5.74) is 1.81. The minimum Gasteiger partial charge on any atom is -0.359 e. The van der Waals surface area contributed by atoms with E-state index in [-0.39, 0.29) is 29.7 Å². The number of fused-ring (bicyclic) bond motifs is 1. The van der Waals surface area contributed by atoms with Gasteiger partial charge in [-0.25, -0.2) is 31.1 Å². The number of ether oxygens (including phenoxy) is 1. The molecule has 0 unspecified atom stereocenters. The number of anilines is 2. The minimum absolute atomic E-state index is 0.0324. The Morgan fingerprint density at radius 3 is 2.57 bits per heavy atom. The lowest BCUT2D eigenvalue weighted by molar-refractivity contribution is 0.149. The first-order valence-electron chi connectivity index (χ1n) is 10.5. The van der Waals surface area contributed by atoms with E-state index in [1.165, 1.54) is 30.3 Å². The third-order valence-corrected chi connectivity index (χ3v) is 8.81. The van der Waals surface area contributed by atoms with Gasteiger partial charge in [-0.15, -0.1) is 0 Å². The molecular formula is C23H19ClN4O5S2. The Morgan fingerprint density at radius 1 is 1.03 bits per heavy atom. The Balaban J connectivity index is 1.41. The van der Waals surface area contributed by atoms with Gasteiger partial charge in [0.25, 0.3) is 10.0 Å². The van der Waals surface area contributed by atoms with E-state index in [2.05, 4.69) is 14.7 Å². The first kappa shape index (κ1) is 23.5. The molecule has 9 nitrogen and oxygen atoms in total. The lowest BCUT2D eigenvalue weighted by Gasteiger charge is -2.28. The zero-order valence-electron chi connectivity index (χ0n) is 18.1. The molecule has 180 valence electrons. The molecule has 0 bridgehead atoms. The maximum absolute atomic E-state index is 13.0. The van der Waals surface area contributed by atoms with Crippen LogP contribution in [0.25, 0.3) is 22.3 Å². The van der Waals surface area contributed by atoms with E-state index in [9.17, 15) is 16.8 Å². The van der Waals surface area contributed by atoms with Crippen molar-refractivity contribution in [2.75, 3.05) is 28.1 Å². The minimum atomic E-state index is -3.97. The Morgan fingerprint density at radius 2 is 1.80 bits per heavy atom. The number of nitrogens with zero attached hydrogens (tertiary/aromatic N) is 3. The van der Waals surface area contributed by atoms with Crippen LogP contribution in [0.4, 0.5) is 11.4 Å². The lowest BCUT2D eigenvalue weighted by Crippen LogP contribution is -2.41. The van der Waals surface area contributed by atoms with Crippen LogP contribution in [0.3, 0.4) is 0 Å². The van der Waals surface area contributed by atoms with Gasteiger partial charge in [0, 0.05) is 22.8 Å². The molecule has 0 amide bonds. The Labute approximate surface area is 207 Å². The van der Waals surface area contributed by atoms with E-state index in [0.29, 0.717) is 22.1 Å². The smallest absolute Gasteiger partial charge is 0.261 e. The first-order valence-corrected chi connectivity index (χ1v) is 13.9. The van der Waals surface area contributed by atoms with Crippen molar-refractivity contribution in [1.82, 2.24) is 9.97 Å². The number of hydrogen-bond acceptors (Lipinski definition) is 7. The van der Waals surface area contributed by atoms with Gasteiger partial charge in [0.05, 0.1) is 33.5 Å². The summed E-state index contributed by atoms with van der Waals surface area (Å²) in [6.07, 6.45) is 1.68. The second-order valence-corrected chi connectivity index (χ2v) is 11.9. The van der Waals surface area contributed by atoms with Crippen molar-refractivity contribution < 1.29 is 21.6 Å². The van der Waals surface area contributed by atoms with Gasteiger partial charge in [-0.2, -0.15) is 0 Å². The molecule has 0 atom stereocenters. The number of sulfonamides is 2. The molecule has 0 saturated carbocycles. The van der Waals surface area contributed by atoms with Crippen LogP contribution in [0.15, 0.2) is 77.8 Å². The molecule has 0 spiro atoms. The summed E-state index contributed by atoms with van der Waals surface area (Å²) in [7, 11) is -7.47. The van der Waals surface area contributed by atoms with Gasteiger partial charge < -0.3 is 4.74 Å². The van der Waals surface area contributed by atoms with Gasteiger partial charge in [-0.1, -0.05) is 29.8 Å². The van der Waals surface area contributed by atoms with E-state index in [4.69, 9.17) is 16.3 Å². The lowest BCUT2D eigenvalue weighted by atomic mass is 10.1. The highest BCUT2D eigenvalue weighted by Gasteiger charge is 2.27. The van der Waals surface area contributed by atoms with Gasteiger partial charge >= 0.3 is 0 Å². The van der Waals surface area contributed by atoms with Crippen LogP contribution in [-0.4, -0.2) is 45.9 Å². The highest BCUT2D eigenvalue weighted by Crippen LogP contribution is 2.30. The number of para-hydroxylation sites is 1. The highest BCUT2D eigenvalue weighted by atomic mass is 35.5. The molecule has 1 aromatic heterocycles. The fraction of sp³-hybridized carbons (Fsp3) is 0.130. The fourth-order valence-electron chi connectivity index (χ4n) is 3.61. The predicted molar refractivity (Wildman–Crippen MR) is 134 cm³/mol. The molecule has 1 aliphatic heterocycles. The van der Waals surface area contributed by atoms with Crippen LogP contribution in [0.5, 0.6) is 0 Å². The normalized spacial score (nSPS) is 15.7. The van der Waals surface area contributed by atoms with E-state index in [1.54, 1.807) is 18.3 Å². The van der Waals surface area contributed by atoms with Crippen LogP contribution in [0.1, 0.15) is 0 Å². The van der Waals surface area contributed by atoms with Gasteiger partial charge in [0.2, 0.25) is 10.0 Å². The number of benzene rings is 3. The maximum Gasteiger partial charge on any atom is 0.261 e. The van der Waals surface area contributed by atoms with E-state index in [0.717, 1.165) is 15.2 Å². The summed E-state index contributed by atoms with van der Waals surface area (Å²) >= 11 is 6.36. The zero-order chi connectivity index (χ0) is 24.6.